The first-order valence-corrected chi connectivity index (χ1v) is 6.69. The van der Waals surface area contributed by atoms with Crippen LogP contribution in [0.2, 0.25) is 0 Å². The van der Waals surface area contributed by atoms with Gasteiger partial charge in [-0.25, -0.2) is 0 Å². The highest BCUT2D eigenvalue weighted by molar-refractivity contribution is 5.99. The average Bonchev–Trinajstić information content (AvgIpc) is 2.42. The number of nitrogens with zero attached hydrogens (tertiary/aromatic N) is 2. The number of amides is 1. The van der Waals surface area contributed by atoms with Crippen molar-refractivity contribution < 1.29 is 9.72 Å². The molecule has 1 rings (SSSR count). The van der Waals surface area contributed by atoms with Gasteiger partial charge in [0.05, 0.1) is 4.92 Å². The Labute approximate surface area is 118 Å². The minimum Gasteiger partial charge on any atom is -0.388 e. The lowest BCUT2D eigenvalue weighted by molar-refractivity contribution is -0.385. The summed E-state index contributed by atoms with van der Waals surface area (Å²) in [7, 11) is 1.71. The Hall–Kier alpha value is -2.11. The lowest BCUT2D eigenvalue weighted by Crippen LogP contribution is -2.37. The van der Waals surface area contributed by atoms with Crippen molar-refractivity contribution in [1.29, 1.82) is 0 Å². The molecule has 1 aromatic rings. The van der Waals surface area contributed by atoms with Crippen LogP contribution in [0.25, 0.3) is 0 Å². The zero-order valence-electron chi connectivity index (χ0n) is 12.3. The van der Waals surface area contributed by atoms with Crippen molar-refractivity contribution in [3.63, 3.8) is 0 Å². The second kappa shape index (κ2) is 6.88. The van der Waals surface area contributed by atoms with Crippen LogP contribution in [0.3, 0.4) is 0 Å². The van der Waals surface area contributed by atoms with Gasteiger partial charge in [-0.15, -0.1) is 0 Å². The molecular formula is C14H21N3O3. The summed E-state index contributed by atoms with van der Waals surface area (Å²) in [6.07, 6.45) is 0.809. The molecule has 20 heavy (non-hydrogen) atoms. The third-order valence-corrected chi connectivity index (χ3v) is 3.06. The highest BCUT2D eigenvalue weighted by Gasteiger charge is 2.26. The summed E-state index contributed by atoms with van der Waals surface area (Å²) in [5.41, 5.74) is 0.652. The number of rotatable bonds is 6. The van der Waals surface area contributed by atoms with Crippen LogP contribution in [-0.4, -0.2) is 35.4 Å². The van der Waals surface area contributed by atoms with E-state index >= 15 is 0 Å². The number of benzene rings is 1. The van der Waals surface area contributed by atoms with E-state index in [0.29, 0.717) is 12.2 Å². The monoisotopic (exact) mass is 279 g/mol. The third-order valence-electron chi connectivity index (χ3n) is 3.06. The van der Waals surface area contributed by atoms with Crippen LogP contribution < -0.4 is 5.32 Å². The topological polar surface area (TPSA) is 75.5 Å². The second-order valence-corrected chi connectivity index (χ2v) is 4.83. The zero-order chi connectivity index (χ0) is 15.3. The van der Waals surface area contributed by atoms with E-state index in [1.165, 1.54) is 12.1 Å². The Bertz CT molecular complexity index is 500. The van der Waals surface area contributed by atoms with Crippen LogP contribution in [0.4, 0.5) is 11.4 Å². The largest absolute Gasteiger partial charge is 0.388 e. The van der Waals surface area contributed by atoms with Gasteiger partial charge < -0.3 is 10.2 Å². The Morgan fingerprint density at radius 3 is 2.55 bits per heavy atom. The number of carbonyl (C=O) groups excluding carboxylic acids is 1. The van der Waals surface area contributed by atoms with Crippen LogP contribution in [0.5, 0.6) is 0 Å². The van der Waals surface area contributed by atoms with Gasteiger partial charge in [0.1, 0.15) is 5.56 Å². The van der Waals surface area contributed by atoms with Crippen molar-refractivity contribution in [2.24, 2.45) is 0 Å². The van der Waals surface area contributed by atoms with E-state index in [2.05, 4.69) is 5.32 Å². The number of hydrogen-bond donors (Lipinski definition) is 1. The Morgan fingerprint density at radius 1 is 1.45 bits per heavy atom. The van der Waals surface area contributed by atoms with Crippen molar-refractivity contribution in [2.75, 3.05) is 18.9 Å². The smallest absolute Gasteiger partial charge is 0.282 e. The highest BCUT2D eigenvalue weighted by atomic mass is 16.6. The molecule has 0 aliphatic rings. The molecule has 0 unspecified atom stereocenters. The fourth-order valence-electron chi connectivity index (χ4n) is 2.01. The summed E-state index contributed by atoms with van der Waals surface area (Å²) < 4.78 is 0. The maximum atomic E-state index is 12.6. The van der Waals surface area contributed by atoms with Gasteiger partial charge in [-0.1, -0.05) is 6.92 Å². The number of nitrogens with one attached hydrogen (secondary N) is 1. The van der Waals surface area contributed by atoms with E-state index in [9.17, 15) is 14.9 Å². The molecule has 110 valence electrons. The molecule has 0 bridgehead atoms. The minimum atomic E-state index is -0.517. The number of hydrogen-bond acceptors (Lipinski definition) is 4. The van der Waals surface area contributed by atoms with Gasteiger partial charge in [0, 0.05) is 31.4 Å². The van der Waals surface area contributed by atoms with Crippen molar-refractivity contribution in [3.8, 4) is 0 Å². The molecule has 0 fully saturated rings. The lowest BCUT2D eigenvalue weighted by Gasteiger charge is -2.26. The van der Waals surface area contributed by atoms with Gasteiger partial charge in [0.15, 0.2) is 0 Å². The van der Waals surface area contributed by atoms with Gasteiger partial charge in [0.25, 0.3) is 11.6 Å². The van der Waals surface area contributed by atoms with Gasteiger partial charge >= 0.3 is 0 Å². The molecule has 1 amide bonds. The van der Waals surface area contributed by atoms with E-state index in [-0.39, 0.29) is 23.2 Å². The fourth-order valence-corrected chi connectivity index (χ4v) is 2.01. The van der Waals surface area contributed by atoms with Crippen LogP contribution in [0.15, 0.2) is 18.2 Å². The van der Waals surface area contributed by atoms with E-state index in [4.69, 9.17) is 0 Å². The molecule has 0 atom stereocenters. The Kier molecular flexibility index (Phi) is 5.49. The van der Waals surface area contributed by atoms with E-state index < -0.39 is 4.92 Å². The van der Waals surface area contributed by atoms with E-state index in [1.807, 2.05) is 20.8 Å². The lowest BCUT2D eigenvalue weighted by atomic mass is 10.1. The molecule has 1 aromatic carbocycles. The van der Waals surface area contributed by atoms with Gasteiger partial charge in [-0.2, -0.15) is 0 Å². The second-order valence-electron chi connectivity index (χ2n) is 4.83. The molecule has 0 spiro atoms. The summed E-state index contributed by atoms with van der Waals surface area (Å²) in [6, 6.07) is 4.49. The standard InChI is InChI=1S/C14H21N3O3/c1-5-8-16(10(2)3)14(18)12-9-11(15-4)6-7-13(12)17(19)20/h6-7,9-10,15H,5,8H2,1-4H3. The molecule has 0 saturated heterocycles. The van der Waals surface area contributed by atoms with Gasteiger partial charge in [-0.05, 0) is 32.4 Å². The van der Waals surface area contributed by atoms with Crippen LogP contribution in [-0.2, 0) is 0 Å². The number of nitro groups is 1. The first-order valence-electron chi connectivity index (χ1n) is 6.69. The average molecular weight is 279 g/mol. The maximum absolute atomic E-state index is 12.6. The summed E-state index contributed by atoms with van der Waals surface area (Å²) in [5.74, 6) is -0.300. The SMILES string of the molecule is CCCN(C(=O)c1cc(NC)ccc1[N+](=O)[O-])C(C)C. The molecule has 1 N–H and O–H groups in total. The molecule has 0 heterocycles. The summed E-state index contributed by atoms with van der Waals surface area (Å²) >= 11 is 0. The van der Waals surface area contributed by atoms with Crippen molar-refractivity contribution in [2.45, 2.75) is 33.2 Å². The van der Waals surface area contributed by atoms with E-state index in [1.54, 1.807) is 18.0 Å². The van der Waals surface area contributed by atoms with Crippen LogP contribution in [0, 0.1) is 10.1 Å². The van der Waals surface area contributed by atoms with Crippen LogP contribution in [0.1, 0.15) is 37.6 Å². The van der Waals surface area contributed by atoms with Crippen LogP contribution >= 0.6 is 0 Å². The fraction of sp³-hybridized carbons (Fsp3) is 0.500. The molecule has 6 heteroatoms. The first kappa shape index (κ1) is 15.9. The summed E-state index contributed by atoms with van der Waals surface area (Å²) in [6.45, 7) is 6.36. The predicted octanol–water partition coefficient (Wildman–Crippen LogP) is 2.90. The Morgan fingerprint density at radius 2 is 2.10 bits per heavy atom. The third kappa shape index (κ3) is 3.46. The number of anilines is 1. The molecule has 0 aliphatic carbocycles. The van der Waals surface area contributed by atoms with Crippen molar-refractivity contribution >= 4 is 17.3 Å². The van der Waals surface area contributed by atoms with Gasteiger partial charge in [0.2, 0.25) is 0 Å². The summed E-state index contributed by atoms with van der Waals surface area (Å²) in [4.78, 5) is 24.8. The Balaban J connectivity index is 3.27. The number of nitro benzene ring substituents is 1. The highest BCUT2D eigenvalue weighted by Crippen LogP contribution is 2.24. The molecular weight excluding hydrogens is 258 g/mol. The summed E-state index contributed by atoms with van der Waals surface area (Å²) in [5, 5.41) is 14.0. The first-order chi connectivity index (χ1) is 9.42. The molecule has 0 aliphatic heterocycles. The molecule has 0 radical (unpaired) electrons. The normalized spacial score (nSPS) is 10.4. The van der Waals surface area contributed by atoms with Gasteiger partial charge in [-0.3, -0.25) is 14.9 Å². The number of carbonyl (C=O) groups is 1. The quantitative estimate of drug-likeness (QED) is 0.641. The minimum absolute atomic E-state index is 0.000274. The molecule has 0 saturated carbocycles. The zero-order valence-corrected chi connectivity index (χ0v) is 12.3. The molecule has 6 nitrogen and oxygen atoms in total. The predicted molar refractivity (Wildman–Crippen MR) is 79.1 cm³/mol. The van der Waals surface area contributed by atoms with Crippen molar-refractivity contribution in [3.05, 3.63) is 33.9 Å². The maximum Gasteiger partial charge on any atom is 0.282 e. The van der Waals surface area contributed by atoms with Crippen molar-refractivity contribution in [1.82, 2.24) is 4.90 Å². The molecule has 0 aromatic heterocycles. The van der Waals surface area contributed by atoms with E-state index in [0.717, 1.165) is 6.42 Å².